The Morgan fingerprint density at radius 1 is 1.41 bits per heavy atom. The molecule has 2 heterocycles. The van der Waals surface area contributed by atoms with Crippen LogP contribution in [0, 0.1) is 0 Å². The lowest BCUT2D eigenvalue weighted by atomic mass is 10.1. The van der Waals surface area contributed by atoms with Crippen LogP contribution in [-0.4, -0.2) is 18.7 Å². The molecule has 0 spiro atoms. The number of hydrogen-bond donors (Lipinski definition) is 1. The summed E-state index contributed by atoms with van der Waals surface area (Å²) in [7, 11) is 5.58. The predicted molar refractivity (Wildman–Crippen MR) is 71.3 cm³/mol. The first-order chi connectivity index (χ1) is 8.13. The van der Waals surface area contributed by atoms with Crippen molar-refractivity contribution in [2.75, 3.05) is 5.32 Å². The number of nitrogens with zero attached hydrogens (tertiary/aromatic N) is 1. The van der Waals surface area contributed by atoms with Gasteiger partial charge >= 0.3 is 0 Å². The molecule has 0 atom stereocenters. The van der Waals surface area contributed by atoms with Gasteiger partial charge in [-0.15, -0.1) is 0 Å². The normalized spacial score (nSPS) is 10.2. The molecule has 1 amide bonds. The van der Waals surface area contributed by atoms with E-state index in [1.165, 1.54) is 17.5 Å². The first-order valence-corrected chi connectivity index (χ1v) is 6.08. The Morgan fingerprint density at radius 3 is 2.82 bits per heavy atom. The molecule has 0 saturated heterocycles. The maximum Gasteiger partial charge on any atom is 0.230 e. The maximum absolute atomic E-state index is 11.7. The second kappa shape index (κ2) is 5.34. The fourth-order valence-electron chi connectivity index (χ4n) is 1.28. The molecule has 2 aromatic heterocycles. The average Bonchev–Trinajstić information content (AvgIpc) is 2.67. The van der Waals surface area contributed by atoms with Gasteiger partial charge in [0.15, 0.2) is 0 Å². The van der Waals surface area contributed by atoms with Crippen molar-refractivity contribution < 1.29 is 4.79 Å². The fraction of sp³-hybridized carbons (Fsp3) is 0.0909. The van der Waals surface area contributed by atoms with Crippen LogP contribution in [0.25, 0.3) is 0 Å². The van der Waals surface area contributed by atoms with Crippen molar-refractivity contribution in [3.8, 4) is 0 Å². The van der Waals surface area contributed by atoms with Gasteiger partial charge in [0.2, 0.25) is 5.91 Å². The van der Waals surface area contributed by atoms with Crippen LogP contribution in [0.3, 0.4) is 0 Å². The summed E-state index contributed by atoms with van der Waals surface area (Å²) in [6, 6.07) is 6.96. The molecule has 0 saturated carbocycles. The minimum absolute atomic E-state index is 0.123. The van der Waals surface area contributed by atoms with Gasteiger partial charge in [-0.05, 0) is 23.0 Å². The smallest absolute Gasteiger partial charge is 0.230 e. The fourth-order valence-corrected chi connectivity index (χ4v) is 2.17. The van der Waals surface area contributed by atoms with Gasteiger partial charge in [-0.2, -0.15) is 11.3 Å². The molecule has 0 aliphatic rings. The Hall–Kier alpha value is -1.33. The molecule has 0 fully saturated rings. The van der Waals surface area contributed by atoms with E-state index in [1.54, 1.807) is 18.2 Å². The van der Waals surface area contributed by atoms with Crippen molar-refractivity contribution in [2.45, 2.75) is 6.42 Å². The highest BCUT2D eigenvalue weighted by Crippen LogP contribution is 2.11. The van der Waals surface area contributed by atoms with Crippen LogP contribution < -0.4 is 10.1 Å². The summed E-state index contributed by atoms with van der Waals surface area (Å²) in [5.41, 5.74) is 0. The van der Waals surface area contributed by atoms with Crippen molar-refractivity contribution in [3.63, 3.8) is 0 Å². The number of aromatic nitrogens is 1. The molecule has 3 nitrogen and oxygen atoms in total. The second-order valence-electron chi connectivity index (χ2n) is 3.39. The van der Waals surface area contributed by atoms with Crippen molar-refractivity contribution >= 4 is 47.3 Å². The number of thiophene rings is 1. The standard InChI is InChI=1S/C11H8BClN2OS/c12-9-3-2-8(17-9)5-11(16)15-10-4-1-7(13)6-14-10/h1-4,6H,5H2,(H,14,15,16). The molecule has 84 valence electrons. The van der Waals surface area contributed by atoms with E-state index in [1.807, 2.05) is 6.07 Å². The van der Waals surface area contributed by atoms with Crippen LogP contribution in [0.1, 0.15) is 4.88 Å². The molecule has 2 aromatic rings. The van der Waals surface area contributed by atoms with Crippen molar-refractivity contribution in [1.82, 2.24) is 4.98 Å². The molecule has 2 radical (unpaired) electrons. The van der Waals surface area contributed by atoms with Crippen LogP contribution in [0.2, 0.25) is 5.02 Å². The lowest BCUT2D eigenvalue weighted by Crippen LogP contribution is -2.14. The number of amides is 1. The quantitative estimate of drug-likeness (QED) is 0.857. The number of hydrogen-bond acceptors (Lipinski definition) is 3. The highest BCUT2D eigenvalue weighted by Gasteiger charge is 2.06. The zero-order valence-corrected chi connectivity index (χ0v) is 10.4. The van der Waals surface area contributed by atoms with Crippen LogP contribution in [-0.2, 0) is 11.2 Å². The van der Waals surface area contributed by atoms with Gasteiger partial charge < -0.3 is 5.32 Å². The molecule has 0 bridgehead atoms. The number of anilines is 1. The Morgan fingerprint density at radius 2 is 2.24 bits per heavy atom. The third-order valence-electron chi connectivity index (χ3n) is 2.01. The average molecular weight is 263 g/mol. The number of carbonyl (C=O) groups excluding carboxylic acids is 1. The molecular formula is C11H8BClN2OS. The van der Waals surface area contributed by atoms with Gasteiger partial charge in [0.1, 0.15) is 13.7 Å². The zero-order valence-electron chi connectivity index (χ0n) is 8.81. The molecule has 17 heavy (non-hydrogen) atoms. The third-order valence-corrected chi connectivity index (χ3v) is 3.15. The molecule has 1 N–H and O–H groups in total. The molecular weight excluding hydrogens is 254 g/mol. The number of halogens is 1. The van der Waals surface area contributed by atoms with E-state index in [2.05, 4.69) is 10.3 Å². The van der Waals surface area contributed by atoms with Gasteiger partial charge in [0, 0.05) is 11.1 Å². The topological polar surface area (TPSA) is 42.0 Å². The molecule has 6 heteroatoms. The lowest BCUT2D eigenvalue weighted by molar-refractivity contribution is -0.115. The first-order valence-electron chi connectivity index (χ1n) is 4.89. The van der Waals surface area contributed by atoms with Crippen LogP contribution in [0.4, 0.5) is 5.82 Å². The van der Waals surface area contributed by atoms with Crippen molar-refractivity contribution in [2.24, 2.45) is 0 Å². The van der Waals surface area contributed by atoms with Crippen molar-refractivity contribution in [3.05, 3.63) is 40.4 Å². The van der Waals surface area contributed by atoms with E-state index in [4.69, 9.17) is 19.4 Å². The predicted octanol–water partition coefficient (Wildman–Crippen LogP) is 1.77. The van der Waals surface area contributed by atoms with Gasteiger partial charge in [-0.25, -0.2) is 4.98 Å². The highest BCUT2D eigenvalue weighted by molar-refractivity contribution is 7.20. The van der Waals surface area contributed by atoms with E-state index < -0.39 is 0 Å². The maximum atomic E-state index is 11.7. The largest absolute Gasteiger partial charge is 0.310 e. The monoisotopic (exact) mass is 262 g/mol. The van der Waals surface area contributed by atoms with Crippen molar-refractivity contribution in [1.29, 1.82) is 0 Å². The summed E-state index contributed by atoms with van der Waals surface area (Å²) >= 11 is 7.10. The number of pyridine rings is 1. The van der Waals surface area contributed by atoms with Crippen LogP contribution in [0.5, 0.6) is 0 Å². The summed E-state index contributed by atoms with van der Waals surface area (Å²) in [6.45, 7) is 0. The molecule has 0 aliphatic heterocycles. The van der Waals surface area contributed by atoms with E-state index in [9.17, 15) is 4.79 Å². The van der Waals surface area contributed by atoms with E-state index in [-0.39, 0.29) is 5.91 Å². The summed E-state index contributed by atoms with van der Waals surface area (Å²) in [5.74, 6) is 0.366. The Kier molecular flexibility index (Phi) is 3.81. The molecule has 0 unspecified atom stereocenters. The minimum atomic E-state index is -0.123. The zero-order chi connectivity index (χ0) is 12.3. The van der Waals surface area contributed by atoms with Gasteiger partial charge in [0.25, 0.3) is 0 Å². The number of nitrogens with one attached hydrogen (secondary N) is 1. The van der Waals surface area contributed by atoms with Gasteiger partial charge in [-0.3, -0.25) is 4.79 Å². The summed E-state index contributed by atoms with van der Waals surface area (Å²) in [4.78, 5) is 16.6. The van der Waals surface area contributed by atoms with Gasteiger partial charge in [0.05, 0.1) is 11.4 Å². The molecule has 0 aromatic carbocycles. The highest BCUT2D eigenvalue weighted by atomic mass is 35.5. The summed E-state index contributed by atoms with van der Waals surface area (Å²) in [6.07, 6.45) is 1.78. The van der Waals surface area contributed by atoms with E-state index in [0.717, 1.165) is 4.88 Å². The number of rotatable bonds is 3. The van der Waals surface area contributed by atoms with Crippen LogP contribution >= 0.6 is 22.9 Å². The number of carbonyl (C=O) groups is 1. The minimum Gasteiger partial charge on any atom is -0.310 e. The second-order valence-corrected chi connectivity index (χ2v) is 5.03. The summed E-state index contributed by atoms with van der Waals surface area (Å²) < 4.78 is 0.706. The Bertz CT molecular complexity index is 527. The lowest BCUT2D eigenvalue weighted by Gasteiger charge is -2.02. The SMILES string of the molecule is [B]c1ccc(CC(=O)Nc2ccc(Cl)cn2)s1. The molecule has 2 rings (SSSR count). The Labute approximate surface area is 109 Å². The summed E-state index contributed by atoms with van der Waals surface area (Å²) in [5, 5.41) is 3.22. The van der Waals surface area contributed by atoms with Crippen LogP contribution in [0.15, 0.2) is 30.5 Å². The van der Waals surface area contributed by atoms with E-state index >= 15 is 0 Å². The third kappa shape index (κ3) is 3.58. The Balaban J connectivity index is 1.95. The van der Waals surface area contributed by atoms with Gasteiger partial charge in [-0.1, -0.05) is 17.7 Å². The van der Waals surface area contributed by atoms with E-state index in [0.29, 0.717) is 22.0 Å². The first kappa shape index (κ1) is 12.1. The molecule has 0 aliphatic carbocycles.